The van der Waals surface area contributed by atoms with Gasteiger partial charge >= 0.3 is 0 Å². The second kappa shape index (κ2) is 4.66. The van der Waals surface area contributed by atoms with Crippen LogP contribution in [0.1, 0.15) is 31.5 Å². The first-order valence-corrected chi connectivity index (χ1v) is 7.05. The van der Waals surface area contributed by atoms with Gasteiger partial charge < -0.3 is 9.53 Å². The van der Waals surface area contributed by atoms with E-state index >= 15 is 0 Å². The van der Waals surface area contributed by atoms with Gasteiger partial charge in [-0.25, -0.2) is 14.8 Å². The summed E-state index contributed by atoms with van der Waals surface area (Å²) in [5, 5.41) is 0. The Kier molecular flexibility index (Phi) is 3.05. The summed E-state index contributed by atoms with van der Waals surface area (Å²) < 4.78 is 5.34. The normalized spacial score (nSPS) is 30.8. The molecule has 5 heteroatoms. The van der Waals surface area contributed by atoms with Gasteiger partial charge in [0.05, 0.1) is 19.4 Å². The largest absolute Gasteiger partial charge is 0.481 e. The molecule has 2 aliphatic carbocycles. The molecule has 2 aliphatic rings. The van der Waals surface area contributed by atoms with Gasteiger partial charge in [0.15, 0.2) is 5.78 Å². The first-order chi connectivity index (χ1) is 10.0. The van der Waals surface area contributed by atoms with Crippen LogP contribution in [-0.2, 0) is 16.6 Å². The van der Waals surface area contributed by atoms with E-state index in [1.54, 1.807) is 13.2 Å². The first-order valence-electron chi connectivity index (χ1n) is 7.05. The monoisotopic (exact) mass is 283 g/mol. The Labute approximate surface area is 123 Å². The molecular weight excluding hydrogens is 266 g/mol. The first kappa shape index (κ1) is 13.7. The molecule has 0 unspecified atom stereocenters. The Bertz CT molecular complexity index is 689. The van der Waals surface area contributed by atoms with Gasteiger partial charge in [0.1, 0.15) is 6.33 Å². The number of ketones is 1. The molecule has 0 saturated heterocycles. The fourth-order valence-corrected chi connectivity index (χ4v) is 3.84. The van der Waals surface area contributed by atoms with Crippen molar-refractivity contribution in [2.45, 2.75) is 32.1 Å². The van der Waals surface area contributed by atoms with Crippen LogP contribution >= 0.6 is 0 Å². The highest BCUT2D eigenvalue weighted by molar-refractivity contribution is 6.00. The summed E-state index contributed by atoms with van der Waals surface area (Å²) in [5.41, 5.74) is 1.72. The van der Waals surface area contributed by atoms with Gasteiger partial charge in [-0.2, -0.15) is 0 Å². The molecule has 0 aliphatic heterocycles. The maximum Gasteiger partial charge on any atom is 0.226 e. The highest BCUT2D eigenvalue weighted by atomic mass is 16.5. The van der Waals surface area contributed by atoms with E-state index in [2.05, 4.69) is 21.7 Å². The Balaban J connectivity index is 2.24. The predicted molar refractivity (Wildman–Crippen MR) is 76.6 cm³/mol. The maximum atomic E-state index is 12.2. The van der Waals surface area contributed by atoms with Crippen molar-refractivity contribution in [2.24, 2.45) is 11.8 Å². The van der Waals surface area contributed by atoms with Crippen LogP contribution in [0.3, 0.4) is 0 Å². The second-order valence-electron chi connectivity index (χ2n) is 5.93. The molecule has 21 heavy (non-hydrogen) atoms. The molecule has 3 rings (SSSR count). The van der Waals surface area contributed by atoms with Gasteiger partial charge in [0, 0.05) is 16.9 Å². The fourth-order valence-electron chi connectivity index (χ4n) is 3.84. The summed E-state index contributed by atoms with van der Waals surface area (Å²) in [7, 11) is 1.60. The number of allylic oxidation sites excluding steroid dienone is 2. The van der Waals surface area contributed by atoms with Crippen LogP contribution < -0.4 is 4.74 Å². The minimum atomic E-state index is -0.406. The third-order valence-corrected chi connectivity index (χ3v) is 4.91. The Morgan fingerprint density at radius 1 is 1.48 bits per heavy atom. The number of carbonyl (C=O) groups is 1. The van der Waals surface area contributed by atoms with Crippen molar-refractivity contribution in [3.8, 4) is 5.88 Å². The summed E-state index contributed by atoms with van der Waals surface area (Å²) in [6.45, 7) is 11.2. The number of hydrogen-bond donors (Lipinski definition) is 0. The molecule has 5 nitrogen and oxygen atoms in total. The van der Waals surface area contributed by atoms with Crippen molar-refractivity contribution in [2.75, 3.05) is 7.11 Å². The van der Waals surface area contributed by atoms with Crippen molar-refractivity contribution in [1.29, 1.82) is 0 Å². The SMILES string of the molecule is [C-]#[N+]C1=C[C@]2(C)c3ncnc(OC)c3CC[C@H]2[C@H](C)C1=O. The van der Waals surface area contributed by atoms with Crippen LogP contribution in [0.2, 0.25) is 0 Å². The van der Waals surface area contributed by atoms with Gasteiger partial charge in [-0.15, -0.1) is 0 Å². The molecule has 0 bridgehead atoms. The van der Waals surface area contributed by atoms with Crippen molar-refractivity contribution in [3.63, 3.8) is 0 Å². The number of fused-ring (bicyclic) bond motifs is 3. The predicted octanol–water partition coefficient (Wildman–Crippen LogP) is 2.33. The number of Topliss-reactive ketones (excluding diaryl/α,β-unsaturated/α-hetero) is 1. The number of methoxy groups -OCH3 is 1. The van der Waals surface area contributed by atoms with Crippen molar-refractivity contribution < 1.29 is 9.53 Å². The maximum absolute atomic E-state index is 12.2. The molecule has 1 heterocycles. The summed E-state index contributed by atoms with van der Waals surface area (Å²) in [6, 6.07) is 0. The smallest absolute Gasteiger partial charge is 0.226 e. The number of hydrogen-bond acceptors (Lipinski definition) is 4. The average Bonchev–Trinajstić information content (AvgIpc) is 2.50. The molecule has 0 amide bonds. The molecule has 0 fully saturated rings. The van der Waals surface area contributed by atoms with Crippen molar-refractivity contribution in [3.05, 3.63) is 40.8 Å². The number of carbonyl (C=O) groups excluding carboxylic acids is 1. The van der Waals surface area contributed by atoms with Gasteiger partial charge in [0.25, 0.3) is 0 Å². The van der Waals surface area contributed by atoms with E-state index in [-0.39, 0.29) is 23.3 Å². The van der Waals surface area contributed by atoms with Gasteiger partial charge in [-0.3, -0.25) is 0 Å². The molecule has 1 aromatic heterocycles. The highest BCUT2D eigenvalue weighted by Crippen LogP contribution is 2.50. The summed E-state index contributed by atoms with van der Waals surface area (Å²) in [4.78, 5) is 24.3. The zero-order chi connectivity index (χ0) is 15.2. The molecule has 1 aromatic rings. The quantitative estimate of drug-likeness (QED) is 0.742. The van der Waals surface area contributed by atoms with E-state index in [9.17, 15) is 4.79 Å². The molecular formula is C16H17N3O2. The zero-order valence-electron chi connectivity index (χ0n) is 12.4. The lowest BCUT2D eigenvalue weighted by Gasteiger charge is -2.45. The van der Waals surface area contributed by atoms with Crippen LogP contribution in [-0.4, -0.2) is 22.9 Å². The van der Waals surface area contributed by atoms with Crippen LogP contribution in [0.5, 0.6) is 5.88 Å². The van der Waals surface area contributed by atoms with E-state index in [0.717, 1.165) is 24.1 Å². The number of nitrogens with zero attached hydrogens (tertiary/aromatic N) is 3. The van der Waals surface area contributed by atoms with Gasteiger partial charge in [-0.05, 0) is 18.8 Å². The molecule has 3 atom stereocenters. The van der Waals surface area contributed by atoms with E-state index < -0.39 is 5.41 Å². The van der Waals surface area contributed by atoms with Gasteiger partial charge in [0.2, 0.25) is 11.6 Å². The van der Waals surface area contributed by atoms with Crippen LogP contribution in [0.4, 0.5) is 0 Å². The lowest BCUT2D eigenvalue weighted by atomic mass is 9.58. The third kappa shape index (κ3) is 1.79. The van der Waals surface area contributed by atoms with Crippen LogP contribution in [0.15, 0.2) is 18.1 Å². The number of ether oxygens (including phenoxy) is 1. The van der Waals surface area contributed by atoms with Gasteiger partial charge in [-0.1, -0.05) is 19.9 Å². The van der Waals surface area contributed by atoms with Crippen LogP contribution in [0, 0.1) is 18.4 Å². The van der Waals surface area contributed by atoms with E-state index in [0.29, 0.717) is 5.88 Å². The second-order valence-corrected chi connectivity index (χ2v) is 5.93. The van der Waals surface area contributed by atoms with E-state index in [1.807, 2.05) is 6.92 Å². The number of rotatable bonds is 1. The van der Waals surface area contributed by atoms with E-state index in [4.69, 9.17) is 11.3 Å². The standard InChI is InChI=1S/C16H17N3O2/c1-9-11-6-5-10-14(18-8-19-15(10)21-4)16(11,2)7-12(17-3)13(9)20/h7-9,11H,5-6H2,1-2,4H3/t9-,11-,16-/m0/s1. The third-order valence-electron chi connectivity index (χ3n) is 4.91. The summed E-state index contributed by atoms with van der Waals surface area (Å²) >= 11 is 0. The van der Waals surface area contributed by atoms with Crippen LogP contribution in [0.25, 0.3) is 4.85 Å². The lowest BCUT2D eigenvalue weighted by molar-refractivity contribution is -0.121. The Morgan fingerprint density at radius 2 is 2.24 bits per heavy atom. The molecule has 0 spiro atoms. The zero-order valence-corrected chi connectivity index (χ0v) is 12.4. The van der Waals surface area contributed by atoms with E-state index in [1.165, 1.54) is 6.33 Å². The Hall–Kier alpha value is -2.22. The highest BCUT2D eigenvalue weighted by Gasteiger charge is 2.49. The minimum Gasteiger partial charge on any atom is -0.481 e. The molecule has 0 radical (unpaired) electrons. The molecule has 0 N–H and O–H groups in total. The van der Waals surface area contributed by atoms with Crippen molar-refractivity contribution >= 4 is 5.78 Å². The topological polar surface area (TPSA) is 56.4 Å². The lowest BCUT2D eigenvalue weighted by Crippen LogP contribution is -2.45. The Morgan fingerprint density at radius 3 is 2.90 bits per heavy atom. The summed E-state index contributed by atoms with van der Waals surface area (Å²) in [6.07, 6.45) is 4.98. The molecule has 0 aromatic carbocycles. The molecule has 0 saturated carbocycles. The fraction of sp³-hybridized carbons (Fsp3) is 0.500. The summed E-state index contributed by atoms with van der Waals surface area (Å²) in [5.74, 6) is 0.569. The average molecular weight is 283 g/mol. The number of aromatic nitrogens is 2. The minimum absolute atomic E-state index is 0.0445. The van der Waals surface area contributed by atoms with Crippen molar-refractivity contribution in [1.82, 2.24) is 9.97 Å². The molecule has 108 valence electrons.